The summed E-state index contributed by atoms with van der Waals surface area (Å²) < 4.78 is 0. The largest absolute Gasteiger partial charge is 0.395 e. The van der Waals surface area contributed by atoms with Crippen molar-refractivity contribution in [2.75, 3.05) is 31.6 Å². The topological polar surface area (TPSA) is 82.5 Å². The van der Waals surface area contributed by atoms with Gasteiger partial charge in [-0.15, -0.1) is 0 Å². The molecule has 0 unspecified atom stereocenters. The Labute approximate surface area is 187 Å². The van der Waals surface area contributed by atoms with Gasteiger partial charge in [-0.05, 0) is 62.1 Å². The molecule has 5 rings (SSSR count). The zero-order valence-corrected chi connectivity index (χ0v) is 18.7. The van der Waals surface area contributed by atoms with Gasteiger partial charge in [0, 0.05) is 60.5 Å². The van der Waals surface area contributed by atoms with Crippen LogP contribution in [0.1, 0.15) is 40.0 Å². The number of hydrogen-bond acceptors (Lipinski definition) is 6. The van der Waals surface area contributed by atoms with Crippen molar-refractivity contribution in [2.24, 2.45) is 0 Å². The van der Waals surface area contributed by atoms with Gasteiger partial charge in [-0.25, -0.2) is 9.97 Å². The Hall–Kier alpha value is -3.32. The van der Waals surface area contributed by atoms with Crippen LogP contribution in [-0.4, -0.2) is 57.6 Å². The molecule has 1 spiro atoms. The number of carbonyl (C=O) groups excluding carboxylic acids is 1. The number of anilines is 2. The molecule has 3 heterocycles. The molecule has 0 saturated heterocycles. The average molecular weight is 430 g/mol. The van der Waals surface area contributed by atoms with Gasteiger partial charge in [0.2, 0.25) is 5.95 Å². The number of aromatic nitrogens is 3. The molecule has 2 aromatic heterocycles. The SMILES string of the molecule is Cc1cc(C)nc(-c2cnc(N3CC4(CC4)c4ccc(C(=O)N(C)CCO)cc43)nc2)c1. The van der Waals surface area contributed by atoms with E-state index in [2.05, 4.69) is 32.8 Å². The smallest absolute Gasteiger partial charge is 0.253 e. The third-order valence-electron chi connectivity index (χ3n) is 6.48. The van der Waals surface area contributed by atoms with Crippen LogP contribution in [0, 0.1) is 13.8 Å². The maximum atomic E-state index is 12.8. The van der Waals surface area contributed by atoms with Crippen molar-refractivity contribution in [2.45, 2.75) is 32.1 Å². The number of amides is 1. The number of aryl methyl sites for hydroxylation is 2. The summed E-state index contributed by atoms with van der Waals surface area (Å²) in [4.78, 5) is 30.4. The molecule has 0 bridgehead atoms. The first-order valence-electron chi connectivity index (χ1n) is 11.0. The molecule has 2 aliphatic rings. The summed E-state index contributed by atoms with van der Waals surface area (Å²) in [5, 5.41) is 9.17. The van der Waals surface area contributed by atoms with E-state index in [-0.39, 0.29) is 17.9 Å². The molecule has 1 saturated carbocycles. The van der Waals surface area contributed by atoms with Crippen molar-refractivity contribution in [3.8, 4) is 11.3 Å². The summed E-state index contributed by atoms with van der Waals surface area (Å²) in [5.41, 5.74) is 6.90. The van der Waals surface area contributed by atoms with Crippen molar-refractivity contribution >= 4 is 17.5 Å². The molecule has 164 valence electrons. The van der Waals surface area contributed by atoms with Gasteiger partial charge in [-0.2, -0.15) is 0 Å². The zero-order chi connectivity index (χ0) is 22.5. The fraction of sp³-hybridized carbons (Fsp3) is 0.360. The van der Waals surface area contributed by atoms with E-state index in [0.29, 0.717) is 18.1 Å². The minimum atomic E-state index is -0.101. The van der Waals surface area contributed by atoms with Gasteiger partial charge < -0.3 is 14.9 Å². The van der Waals surface area contributed by atoms with Crippen molar-refractivity contribution in [3.63, 3.8) is 0 Å². The summed E-state index contributed by atoms with van der Waals surface area (Å²) >= 11 is 0. The number of aliphatic hydroxyl groups excluding tert-OH is 1. The first-order chi connectivity index (χ1) is 15.4. The van der Waals surface area contributed by atoms with Crippen LogP contribution in [0.2, 0.25) is 0 Å². The Balaban J connectivity index is 1.48. The van der Waals surface area contributed by atoms with E-state index < -0.39 is 0 Å². The number of aliphatic hydroxyl groups is 1. The second kappa shape index (κ2) is 7.67. The highest BCUT2D eigenvalue weighted by Crippen LogP contribution is 2.57. The summed E-state index contributed by atoms with van der Waals surface area (Å²) in [5.74, 6) is 0.534. The van der Waals surface area contributed by atoms with Gasteiger partial charge in [-0.3, -0.25) is 9.78 Å². The van der Waals surface area contributed by atoms with Crippen LogP contribution in [0.4, 0.5) is 11.6 Å². The Kier molecular flexibility index (Phi) is 4.93. The van der Waals surface area contributed by atoms with Crippen LogP contribution in [0.25, 0.3) is 11.3 Å². The first-order valence-corrected chi connectivity index (χ1v) is 11.0. The van der Waals surface area contributed by atoms with Gasteiger partial charge in [0.1, 0.15) is 0 Å². The number of likely N-dealkylation sites (N-methyl/N-ethyl adjacent to an activating group) is 1. The molecule has 1 aliphatic heterocycles. The normalized spacial score (nSPS) is 15.7. The Morgan fingerprint density at radius 1 is 1.16 bits per heavy atom. The Morgan fingerprint density at radius 3 is 2.56 bits per heavy atom. The molecule has 32 heavy (non-hydrogen) atoms. The highest BCUT2D eigenvalue weighted by atomic mass is 16.3. The lowest BCUT2D eigenvalue weighted by atomic mass is 9.97. The monoisotopic (exact) mass is 429 g/mol. The van der Waals surface area contributed by atoms with Crippen molar-refractivity contribution in [3.05, 3.63) is 65.1 Å². The van der Waals surface area contributed by atoms with Crippen molar-refractivity contribution in [1.29, 1.82) is 0 Å². The van der Waals surface area contributed by atoms with E-state index in [1.807, 2.05) is 43.6 Å². The van der Waals surface area contributed by atoms with Crippen LogP contribution >= 0.6 is 0 Å². The van der Waals surface area contributed by atoms with E-state index in [1.54, 1.807) is 7.05 Å². The Bertz CT molecular complexity index is 1170. The molecule has 0 atom stereocenters. The summed E-state index contributed by atoms with van der Waals surface area (Å²) in [6, 6.07) is 10.0. The second-order valence-electron chi connectivity index (χ2n) is 8.99. The average Bonchev–Trinajstić information content (AvgIpc) is 3.49. The molecule has 1 aliphatic carbocycles. The minimum absolute atomic E-state index is 0.0576. The molecule has 1 amide bonds. The predicted octanol–water partition coefficient (Wildman–Crippen LogP) is 3.40. The lowest BCUT2D eigenvalue weighted by molar-refractivity contribution is 0.0767. The van der Waals surface area contributed by atoms with E-state index in [9.17, 15) is 4.79 Å². The highest BCUT2D eigenvalue weighted by molar-refractivity contribution is 5.96. The summed E-state index contributed by atoms with van der Waals surface area (Å²) in [7, 11) is 1.70. The molecule has 0 radical (unpaired) electrons. The third kappa shape index (κ3) is 3.52. The molecule has 1 N–H and O–H groups in total. The summed E-state index contributed by atoms with van der Waals surface area (Å²) in [6.07, 6.45) is 5.92. The van der Waals surface area contributed by atoms with Crippen LogP contribution < -0.4 is 4.90 Å². The van der Waals surface area contributed by atoms with Crippen LogP contribution in [0.5, 0.6) is 0 Å². The number of nitrogens with zero attached hydrogens (tertiary/aromatic N) is 5. The van der Waals surface area contributed by atoms with Crippen molar-refractivity contribution in [1.82, 2.24) is 19.9 Å². The molecule has 7 nitrogen and oxygen atoms in total. The van der Waals surface area contributed by atoms with Gasteiger partial charge >= 0.3 is 0 Å². The highest BCUT2D eigenvalue weighted by Gasteiger charge is 2.52. The number of carbonyl (C=O) groups is 1. The fourth-order valence-corrected chi connectivity index (χ4v) is 4.62. The molecular weight excluding hydrogens is 402 g/mol. The fourth-order valence-electron chi connectivity index (χ4n) is 4.62. The van der Waals surface area contributed by atoms with E-state index in [0.717, 1.165) is 47.6 Å². The molecule has 1 aromatic carbocycles. The number of pyridine rings is 1. The minimum Gasteiger partial charge on any atom is -0.395 e. The Morgan fingerprint density at radius 2 is 1.91 bits per heavy atom. The third-order valence-corrected chi connectivity index (χ3v) is 6.48. The first kappa shape index (κ1) is 20.6. The lowest BCUT2D eigenvalue weighted by Crippen LogP contribution is -2.29. The zero-order valence-electron chi connectivity index (χ0n) is 18.7. The van der Waals surface area contributed by atoms with Gasteiger partial charge in [0.25, 0.3) is 5.91 Å². The standard InChI is InChI=1S/C25H27N5O2/c1-16-10-17(2)28-21(11-16)19-13-26-24(27-14-19)30-15-25(6-7-25)20-5-4-18(12-22(20)30)23(32)29(3)8-9-31/h4-5,10-14,31H,6-9,15H2,1-3H3. The van der Waals surface area contributed by atoms with E-state index in [1.165, 1.54) is 10.5 Å². The van der Waals surface area contributed by atoms with Crippen LogP contribution in [-0.2, 0) is 5.41 Å². The molecule has 3 aromatic rings. The van der Waals surface area contributed by atoms with Gasteiger partial charge in [0.15, 0.2) is 0 Å². The van der Waals surface area contributed by atoms with E-state index >= 15 is 0 Å². The number of rotatable bonds is 5. The quantitative estimate of drug-likeness (QED) is 0.669. The predicted molar refractivity (Wildman–Crippen MR) is 123 cm³/mol. The molecule has 1 fully saturated rings. The van der Waals surface area contributed by atoms with Gasteiger partial charge in [0.05, 0.1) is 12.3 Å². The van der Waals surface area contributed by atoms with Crippen LogP contribution in [0.15, 0.2) is 42.7 Å². The number of benzene rings is 1. The van der Waals surface area contributed by atoms with Crippen LogP contribution in [0.3, 0.4) is 0 Å². The molecular formula is C25H27N5O2. The maximum Gasteiger partial charge on any atom is 0.253 e. The van der Waals surface area contributed by atoms with Gasteiger partial charge in [-0.1, -0.05) is 6.07 Å². The number of hydrogen-bond donors (Lipinski definition) is 1. The second-order valence-corrected chi connectivity index (χ2v) is 8.99. The summed E-state index contributed by atoms with van der Waals surface area (Å²) in [6.45, 7) is 5.12. The molecule has 7 heteroatoms. The number of fused-ring (bicyclic) bond motifs is 2. The van der Waals surface area contributed by atoms with E-state index in [4.69, 9.17) is 5.11 Å². The van der Waals surface area contributed by atoms with Crippen molar-refractivity contribution < 1.29 is 9.90 Å². The maximum absolute atomic E-state index is 12.8. The lowest BCUT2D eigenvalue weighted by Gasteiger charge is -2.19.